The maximum Gasteiger partial charge on any atom is 0.262 e. The number of nitriles is 1. The number of amides is 1. The number of carbonyl (C=O) groups excluding carboxylic acids is 1. The summed E-state index contributed by atoms with van der Waals surface area (Å²) in [6, 6.07) is 18.7. The van der Waals surface area contributed by atoms with Gasteiger partial charge in [-0.3, -0.25) is 4.79 Å². The number of carbonyl (C=O) groups is 1. The fourth-order valence-corrected chi connectivity index (χ4v) is 4.84. The van der Waals surface area contributed by atoms with E-state index in [1.54, 1.807) is 44.6 Å². The van der Waals surface area contributed by atoms with Crippen LogP contribution in [0.2, 0.25) is 0 Å². The Morgan fingerprint density at radius 3 is 2.29 bits per heavy atom. The average molecular weight is 665 g/mol. The van der Waals surface area contributed by atoms with Gasteiger partial charge in [0.15, 0.2) is 0 Å². The summed E-state index contributed by atoms with van der Waals surface area (Å²) in [6.07, 6.45) is 1.52. The molecule has 1 N–H and O–H groups in total. The lowest BCUT2D eigenvalue weighted by Gasteiger charge is -2.12. The molecular weight excluding hydrogens is 644 g/mol. The molecule has 1 amide bonds. The lowest BCUT2D eigenvalue weighted by molar-refractivity contribution is -0.117. The highest BCUT2D eigenvalue weighted by molar-refractivity contribution is 9.11. The molecule has 0 fully saturated rings. The molecule has 35 heavy (non-hydrogen) atoms. The minimum Gasteiger partial charge on any atom is -0.497 e. The van der Waals surface area contributed by atoms with E-state index in [0.29, 0.717) is 38.4 Å². The van der Waals surface area contributed by atoms with E-state index in [9.17, 15) is 10.1 Å². The van der Waals surface area contributed by atoms with Gasteiger partial charge in [-0.05, 0) is 85.5 Å². The summed E-state index contributed by atoms with van der Waals surface area (Å²) in [4.78, 5) is 12.7. The van der Waals surface area contributed by atoms with Gasteiger partial charge in [-0.25, -0.2) is 0 Å². The summed E-state index contributed by atoms with van der Waals surface area (Å²) in [5.41, 5.74) is 2.41. The largest absolute Gasteiger partial charge is 0.497 e. The summed E-state index contributed by atoms with van der Waals surface area (Å²) in [5.74, 6) is 1.36. The van der Waals surface area contributed by atoms with Crippen LogP contribution in [0.3, 0.4) is 0 Å². The first kappa shape index (κ1) is 26.8. The molecule has 0 radical (unpaired) electrons. The molecule has 9 heteroatoms. The van der Waals surface area contributed by atoms with E-state index in [1.807, 2.05) is 30.3 Å². The molecule has 3 rings (SSSR count). The summed E-state index contributed by atoms with van der Waals surface area (Å²) in [7, 11) is 3.11. The number of benzene rings is 3. The van der Waals surface area contributed by atoms with E-state index in [0.717, 1.165) is 15.6 Å². The molecule has 0 heterocycles. The maximum atomic E-state index is 12.7. The Morgan fingerprint density at radius 2 is 1.69 bits per heavy atom. The minimum atomic E-state index is -0.492. The smallest absolute Gasteiger partial charge is 0.262 e. The lowest BCUT2D eigenvalue weighted by Crippen LogP contribution is -2.24. The van der Waals surface area contributed by atoms with Crippen molar-refractivity contribution in [1.82, 2.24) is 5.32 Å². The standard InChI is InChI=1S/C26H21Br3N2O4/c1-33-21-8-5-18(24(12-21)34-2)14-31-26(32)19(13-30)9-17-10-22(28)25(23(29)11-17)35-15-16-3-6-20(27)7-4-16/h3-12H,14-15H2,1-2H3,(H,31,32)/b19-9+. The summed E-state index contributed by atoms with van der Waals surface area (Å²) in [5, 5.41) is 12.3. The molecule has 3 aromatic carbocycles. The zero-order valence-electron chi connectivity index (χ0n) is 18.9. The van der Waals surface area contributed by atoms with Crippen molar-refractivity contribution in [1.29, 1.82) is 5.26 Å². The Kier molecular flexibility index (Phi) is 9.78. The van der Waals surface area contributed by atoms with Gasteiger partial charge in [0.05, 0.1) is 23.2 Å². The van der Waals surface area contributed by atoms with Crippen molar-refractivity contribution < 1.29 is 19.0 Å². The van der Waals surface area contributed by atoms with Crippen LogP contribution in [-0.4, -0.2) is 20.1 Å². The molecule has 0 aliphatic heterocycles. The number of nitrogens with zero attached hydrogens (tertiary/aromatic N) is 1. The number of halogens is 3. The van der Waals surface area contributed by atoms with Crippen LogP contribution in [0.15, 0.2) is 73.6 Å². The van der Waals surface area contributed by atoms with E-state index in [2.05, 4.69) is 53.1 Å². The van der Waals surface area contributed by atoms with Crippen molar-refractivity contribution in [3.05, 3.63) is 90.3 Å². The van der Waals surface area contributed by atoms with Crippen LogP contribution in [0.25, 0.3) is 6.08 Å². The molecule has 180 valence electrons. The van der Waals surface area contributed by atoms with Crippen molar-refractivity contribution in [2.24, 2.45) is 0 Å². The van der Waals surface area contributed by atoms with Gasteiger partial charge in [0.2, 0.25) is 0 Å². The third kappa shape index (κ3) is 7.34. The minimum absolute atomic E-state index is 0.0280. The second kappa shape index (κ2) is 12.8. The molecule has 0 aliphatic carbocycles. The van der Waals surface area contributed by atoms with Gasteiger partial charge >= 0.3 is 0 Å². The van der Waals surface area contributed by atoms with Gasteiger partial charge in [-0.2, -0.15) is 5.26 Å². The molecule has 6 nitrogen and oxygen atoms in total. The molecule has 0 aliphatic rings. The van der Waals surface area contributed by atoms with Crippen LogP contribution in [0.1, 0.15) is 16.7 Å². The van der Waals surface area contributed by atoms with Gasteiger partial charge < -0.3 is 19.5 Å². The van der Waals surface area contributed by atoms with Gasteiger partial charge in [0, 0.05) is 22.6 Å². The van der Waals surface area contributed by atoms with Crippen molar-refractivity contribution in [3.63, 3.8) is 0 Å². The Bertz CT molecular complexity index is 1260. The van der Waals surface area contributed by atoms with Crippen molar-refractivity contribution >= 4 is 59.8 Å². The van der Waals surface area contributed by atoms with E-state index in [4.69, 9.17) is 14.2 Å². The normalized spacial score (nSPS) is 10.9. The third-order valence-electron chi connectivity index (χ3n) is 4.93. The van der Waals surface area contributed by atoms with E-state index < -0.39 is 5.91 Å². The van der Waals surface area contributed by atoms with Crippen LogP contribution < -0.4 is 19.5 Å². The number of methoxy groups -OCH3 is 2. The fourth-order valence-electron chi connectivity index (χ4n) is 3.12. The van der Waals surface area contributed by atoms with Crippen LogP contribution >= 0.6 is 47.8 Å². The van der Waals surface area contributed by atoms with E-state index in [-0.39, 0.29) is 12.1 Å². The van der Waals surface area contributed by atoms with Gasteiger partial charge in [0.25, 0.3) is 5.91 Å². The number of hydrogen-bond acceptors (Lipinski definition) is 5. The van der Waals surface area contributed by atoms with E-state index in [1.165, 1.54) is 6.08 Å². The Balaban J connectivity index is 1.71. The molecule has 0 saturated heterocycles. The second-order valence-electron chi connectivity index (χ2n) is 7.26. The molecule has 0 saturated carbocycles. The Morgan fingerprint density at radius 1 is 1.00 bits per heavy atom. The Labute approximate surface area is 229 Å². The van der Waals surface area contributed by atoms with Crippen molar-refractivity contribution in [2.45, 2.75) is 13.2 Å². The topological polar surface area (TPSA) is 80.6 Å². The predicted molar refractivity (Wildman–Crippen MR) is 145 cm³/mol. The summed E-state index contributed by atoms with van der Waals surface area (Å²) >= 11 is 10.5. The van der Waals surface area contributed by atoms with Gasteiger partial charge in [-0.15, -0.1) is 0 Å². The number of hydrogen-bond donors (Lipinski definition) is 1. The highest BCUT2D eigenvalue weighted by Gasteiger charge is 2.14. The van der Waals surface area contributed by atoms with Crippen LogP contribution in [0.4, 0.5) is 0 Å². The van der Waals surface area contributed by atoms with Crippen LogP contribution in [-0.2, 0) is 17.9 Å². The molecule has 0 unspecified atom stereocenters. The average Bonchev–Trinajstić information content (AvgIpc) is 2.86. The van der Waals surface area contributed by atoms with E-state index >= 15 is 0 Å². The number of nitrogens with one attached hydrogen (secondary N) is 1. The van der Waals surface area contributed by atoms with Crippen LogP contribution in [0.5, 0.6) is 17.2 Å². The Hall–Kier alpha value is -2.80. The molecule has 3 aromatic rings. The number of rotatable bonds is 9. The molecule has 0 bridgehead atoms. The maximum absolute atomic E-state index is 12.7. The zero-order chi connectivity index (χ0) is 25.4. The van der Waals surface area contributed by atoms with Crippen LogP contribution in [0, 0.1) is 11.3 Å². The highest BCUT2D eigenvalue weighted by atomic mass is 79.9. The molecule has 0 aromatic heterocycles. The second-order valence-corrected chi connectivity index (χ2v) is 9.88. The predicted octanol–water partition coefficient (Wildman–Crippen LogP) is 6.79. The van der Waals surface area contributed by atoms with Gasteiger partial charge in [-0.1, -0.05) is 28.1 Å². The first-order valence-corrected chi connectivity index (χ1v) is 12.7. The van der Waals surface area contributed by atoms with Gasteiger partial charge in [0.1, 0.15) is 35.5 Å². The molecule has 0 spiro atoms. The lowest BCUT2D eigenvalue weighted by atomic mass is 10.1. The first-order chi connectivity index (χ1) is 16.8. The van der Waals surface area contributed by atoms with Crippen molar-refractivity contribution in [3.8, 4) is 23.3 Å². The highest BCUT2D eigenvalue weighted by Crippen LogP contribution is 2.36. The number of ether oxygens (including phenoxy) is 3. The summed E-state index contributed by atoms with van der Waals surface area (Å²) < 4.78 is 18.9. The fraction of sp³-hybridized carbons (Fsp3) is 0.154. The monoisotopic (exact) mass is 662 g/mol. The molecule has 0 atom stereocenters. The zero-order valence-corrected chi connectivity index (χ0v) is 23.7. The quantitative estimate of drug-likeness (QED) is 0.201. The first-order valence-electron chi connectivity index (χ1n) is 10.3. The third-order valence-corrected chi connectivity index (χ3v) is 6.63. The van der Waals surface area contributed by atoms with Crippen molar-refractivity contribution in [2.75, 3.05) is 14.2 Å². The molecular formula is C26H21Br3N2O4. The summed E-state index contributed by atoms with van der Waals surface area (Å²) in [6.45, 7) is 0.585. The SMILES string of the molecule is COc1ccc(CNC(=O)/C(C#N)=C/c2cc(Br)c(OCc3ccc(Br)cc3)c(Br)c2)c(OC)c1.